The van der Waals surface area contributed by atoms with Gasteiger partial charge in [-0.2, -0.15) is 14.6 Å². The van der Waals surface area contributed by atoms with Crippen molar-refractivity contribution in [3.8, 4) is 27.8 Å². The Morgan fingerprint density at radius 2 is 1.79 bits per heavy atom. The lowest BCUT2D eigenvalue weighted by Gasteiger charge is -2.31. The van der Waals surface area contributed by atoms with E-state index in [0.717, 1.165) is 21.7 Å². The quantitative estimate of drug-likeness (QED) is 0.285. The van der Waals surface area contributed by atoms with Gasteiger partial charge < -0.3 is 0 Å². The van der Waals surface area contributed by atoms with Gasteiger partial charge in [-0.25, -0.2) is 4.98 Å². The van der Waals surface area contributed by atoms with Crippen LogP contribution in [0.1, 0.15) is 47.4 Å². The minimum Gasteiger partial charge on any atom is -0.294 e. The number of aromatic nitrogens is 3. The number of carbonyl (C=O) groups is 2. The molecule has 1 N–H and O–H groups in total. The second-order valence-electron chi connectivity index (χ2n) is 10.0. The largest absolute Gasteiger partial charge is 0.294 e. The van der Waals surface area contributed by atoms with Crippen LogP contribution < -0.4 is 5.32 Å². The highest BCUT2D eigenvalue weighted by atomic mass is 32.2. The van der Waals surface area contributed by atoms with Crippen LogP contribution in [0.3, 0.4) is 0 Å². The van der Waals surface area contributed by atoms with E-state index in [9.17, 15) is 14.9 Å². The van der Waals surface area contributed by atoms with E-state index in [2.05, 4.69) is 20.7 Å². The second kappa shape index (κ2) is 10.5. The summed E-state index contributed by atoms with van der Waals surface area (Å²) < 4.78 is 4.26. The van der Waals surface area contributed by atoms with E-state index >= 15 is 0 Å². The van der Waals surface area contributed by atoms with Crippen molar-refractivity contribution < 1.29 is 9.59 Å². The van der Waals surface area contributed by atoms with Crippen molar-refractivity contribution >= 4 is 40.9 Å². The molecular weight excluding hydrogens is 514 g/mol. The Morgan fingerprint density at radius 3 is 2.50 bits per heavy atom. The fourth-order valence-electron chi connectivity index (χ4n) is 4.56. The van der Waals surface area contributed by atoms with E-state index in [-0.39, 0.29) is 28.8 Å². The molecule has 2 aromatic heterocycles. The zero-order valence-electron chi connectivity index (χ0n) is 21.2. The van der Waals surface area contributed by atoms with Crippen LogP contribution in [0.5, 0.6) is 0 Å². The minimum absolute atomic E-state index is 0.00705. The Hall–Kier alpha value is -3.87. The average molecular weight is 540 g/mol. The zero-order chi connectivity index (χ0) is 26.9. The number of carbonyl (C=O) groups excluding carboxylic acids is 2. The number of ketones is 1. The Balaban J connectivity index is 1.41. The number of aryl methyl sites for hydroxylation is 1. The molecule has 0 fully saturated rings. The molecule has 7 nitrogen and oxygen atoms in total. The summed E-state index contributed by atoms with van der Waals surface area (Å²) in [5.41, 5.74) is 4.76. The topological polar surface area (TPSA) is 109 Å². The highest BCUT2D eigenvalue weighted by Crippen LogP contribution is 2.42. The first-order chi connectivity index (χ1) is 18.2. The number of hydrogen-bond donors (Lipinski definition) is 1. The van der Waals surface area contributed by atoms with Crippen molar-refractivity contribution in [1.29, 1.82) is 5.26 Å². The maximum Gasteiger partial charge on any atom is 0.241 e. The molecule has 0 spiro atoms. The maximum absolute atomic E-state index is 13.2. The molecule has 0 atom stereocenters. The molecule has 0 saturated heterocycles. The lowest BCUT2D eigenvalue weighted by Crippen LogP contribution is -2.29. The lowest BCUT2D eigenvalue weighted by atomic mass is 9.73. The van der Waals surface area contributed by atoms with Gasteiger partial charge in [-0.3, -0.25) is 14.9 Å². The van der Waals surface area contributed by atoms with Gasteiger partial charge in [0, 0.05) is 23.1 Å². The molecule has 0 saturated carbocycles. The standard InChI is InChI=1S/C29H25N5O2S2/c1-17-9-11-19(12-10-17)26-33-28(34-38-26)32-23(36)16-37-27-20(15-30)24(18-7-5-4-6-8-18)25-21(31-27)13-29(2,3)14-22(25)35/h4-12H,13-14,16H2,1-3H3,(H,32,34,36). The van der Waals surface area contributed by atoms with Crippen molar-refractivity contribution in [2.45, 2.75) is 38.6 Å². The van der Waals surface area contributed by atoms with Gasteiger partial charge in [0.25, 0.3) is 0 Å². The van der Waals surface area contributed by atoms with Gasteiger partial charge in [-0.1, -0.05) is 85.8 Å². The van der Waals surface area contributed by atoms with Gasteiger partial charge >= 0.3 is 0 Å². The number of thioether (sulfide) groups is 1. The summed E-state index contributed by atoms with van der Waals surface area (Å²) in [5.74, 6) is -0.0467. The van der Waals surface area contributed by atoms with Gasteiger partial charge in [0.05, 0.1) is 17.0 Å². The number of nitrogens with zero attached hydrogens (tertiary/aromatic N) is 4. The zero-order valence-corrected chi connectivity index (χ0v) is 22.9. The summed E-state index contributed by atoms with van der Waals surface area (Å²) >= 11 is 2.39. The van der Waals surface area contributed by atoms with Crippen molar-refractivity contribution in [3.05, 3.63) is 77.0 Å². The van der Waals surface area contributed by atoms with Crippen LogP contribution in [0.2, 0.25) is 0 Å². The van der Waals surface area contributed by atoms with Crippen LogP contribution >= 0.6 is 23.3 Å². The number of amides is 1. The van der Waals surface area contributed by atoms with Crippen LogP contribution in [0.25, 0.3) is 21.7 Å². The van der Waals surface area contributed by atoms with Gasteiger partial charge in [-0.15, -0.1) is 0 Å². The van der Waals surface area contributed by atoms with Gasteiger partial charge in [0.2, 0.25) is 11.9 Å². The van der Waals surface area contributed by atoms with Crippen LogP contribution in [0, 0.1) is 23.7 Å². The Morgan fingerprint density at radius 1 is 1.05 bits per heavy atom. The minimum atomic E-state index is -0.302. The molecule has 0 radical (unpaired) electrons. The number of anilines is 1. The average Bonchev–Trinajstić information content (AvgIpc) is 3.35. The van der Waals surface area contributed by atoms with E-state index in [1.165, 1.54) is 23.3 Å². The summed E-state index contributed by atoms with van der Waals surface area (Å²) in [6.07, 6.45) is 1.01. The van der Waals surface area contributed by atoms with Crippen molar-refractivity contribution in [1.82, 2.24) is 14.3 Å². The summed E-state index contributed by atoms with van der Waals surface area (Å²) in [4.78, 5) is 35.2. The molecule has 0 aliphatic heterocycles. The van der Waals surface area contributed by atoms with E-state index in [1.807, 2.05) is 75.4 Å². The van der Waals surface area contributed by atoms with Gasteiger partial charge in [0.15, 0.2) is 5.78 Å². The number of rotatable bonds is 6. The first-order valence-electron chi connectivity index (χ1n) is 12.1. The number of nitriles is 1. The fourth-order valence-corrected chi connectivity index (χ4v) is 6.00. The second-order valence-corrected chi connectivity index (χ2v) is 11.7. The number of Topliss-reactive ketones (excluding diaryl/α,β-unsaturated/α-hetero) is 1. The molecule has 2 heterocycles. The molecule has 38 heavy (non-hydrogen) atoms. The van der Waals surface area contributed by atoms with E-state index in [1.54, 1.807) is 0 Å². The van der Waals surface area contributed by atoms with Gasteiger partial charge in [-0.05, 0) is 35.9 Å². The first kappa shape index (κ1) is 25.8. The number of pyridine rings is 1. The summed E-state index contributed by atoms with van der Waals surface area (Å²) in [5, 5.41) is 14.0. The molecule has 190 valence electrons. The van der Waals surface area contributed by atoms with E-state index in [0.29, 0.717) is 40.3 Å². The molecule has 5 rings (SSSR count). The van der Waals surface area contributed by atoms with Crippen molar-refractivity contribution in [2.24, 2.45) is 5.41 Å². The third-order valence-corrected chi connectivity index (χ3v) is 8.03. The Kier molecular flexibility index (Phi) is 7.11. The monoisotopic (exact) mass is 539 g/mol. The maximum atomic E-state index is 13.2. The van der Waals surface area contributed by atoms with Crippen LogP contribution in [0.15, 0.2) is 59.6 Å². The van der Waals surface area contributed by atoms with Crippen LogP contribution in [-0.2, 0) is 11.2 Å². The lowest BCUT2D eigenvalue weighted by molar-refractivity contribution is -0.113. The molecule has 1 amide bonds. The number of nitrogens with one attached hydrogen (secondary N) is 1. The smallest absolute Gasteiger partial charge is 0.241 e. The molecule has 0 unspecified atom stereocenters. The molecule has 1 aliphatic carbocycles. The Bertz CT molecular complexity index is 1570. The first-order valence-corrected chi connectivity index (χ1v) is 13.9. The number of fused-ring (bicyclic) bond motifs is 1. The summed E-state index contributed by atoms with van der Waals surface area (Å²) in [6.45, 7) is 6.10. The fraction of sp³-hybridized carbons (Fsp3) is 0.241. The molecule has 0 bridgehead atoms. The van der Waals surface area contributed by atoms with Crippen molar-refractivity contribution in [2.75, 3.05) is 11.1 Å². The predicted octanol–water partition coefficient (Wildman–Crippen LogP) is 6.33. The van der Waals surface area contributed by atoms with E-state index < -0.39 is 0 Å². The molecular formula is C29H25N5O2S2. The number of hydrogen-bond acceptors (Lipinski definition) is 8. The van der Waals surface area contributed by atoms with Gasteiger partial charge in [0.1, 0.15) is 16.1 Å². The normalized spacial score (nSPS) is 14.0. The number of benzene rings is 2. The van der Waals surface area contributed by atoms with Crippen LogP contribution in [-0.4, -0.2) is 31.8 Å². The predicted molar refractivity (Wildman–Crippen MR) is 150 cm³/mol. The molecule has 2 aromatic carbocycles. The highest BCUT2D eigenvalue weighted by molar-refractivity contribution is 8.00. The Labute approximate surface area is 229 Å². The summed E-state index contributed by atoms with van der Waals surface area (Å²) in [6, 6.07) is 19.7. The highest BCUT2D eigenvalue weighted by Gasteiger charge is 2.36. The van der Waals surface area contributed by atoms with Crippen molar-refractivity contribution in [3.63, 3.8) is 0 Å². The van der Waals surface area contributed by atoms with E-state index in [4.69, 9.17) is 4.98 Å². The molecule has 1 aliphatic rings. The summed E-state index contributed by atoms with van der Waals surface area (Å²) in [7, 11) is 0. The van der Waals surface area contributed by atoms with Crippen LogP contribution in [0.4, 0.5) is 5.95 Å². The third-order valence-electron chi connectivity index (χ3n) is 6.29. The third kappa shape index (κ3) is 5.37. The molecule has 9 heteroatoms. The molecule has 4 aromatic rings. The SMILES string of the molecule is Cc1ccc(-c2nc(NC(=O)CSc3nc4c(c(-c5ccccc5)c3C#N)C(=O)CC(C)(C)C4)ns2)cc1.